The van der Waals surface area contributed by atoms with Crippen LogP contribution >= 0.6 is 23.2 Å². The molecule has 0 aromatic heterocycles. The van der Waals surface area contributed by atoms with Gasteiger partial charge in [-0.05, 0) is 69.2 Å². The van der Waals surface area contributed by atoms with Crippen LogP contribution in [0.2, 0.25) is 10.0 Å². The maximum absolute atomic E-state index is 13.3. The minimum absolute atomic E-state index is 0.0122. The molecule has 11 heteroatoms. The van der Waals surface area contributed by atoms with Crippen molar-refractivity contribution < 1.29 is 22.4 Å². The maximum atomic E-state index is 13.3. The lowest BCUT2D eigenvalue weighted by Crippen LogP contribution is -2.49. The lowest BCUT2D eigenvalue weighted by molar-refractivity contribution is -0.140. The van der Waals surface area contributed by atoms with Gasteiger partial charge in [-0.2, -0.15) is 0 Å². The summed E-state index contributed by atoms with van der Waals surface area (Å²) >= 11 is 12.3. The number of hydrogen-bond acceptors (Lipinski definition) is 4. The van der Waals surface area contributed by atoms with Crippen LogP contribution in [0.25, 0.3) is 0 Å². The van der Waals surface area contributed by atoms with E-state index in [0.717, 1.165) is 10.6 Å². The normalized spacial score (nSPS) is 12.3. The molecule has 0 spiro atoms. The first-order valence-electron chi connectivity index (χ1n) is 11.1. The van der Waals surface area contributed by atoms with Gasteiger partial charge in [-0.1, -0.05) is 29.3 Å². The highest BCUT2D eigenvalue weighted by Crippen LogP contribution is 2.24. The molecule has 0 fully saturated rings. The summed E-state index contributed by atoms with van der Waals surface area (Å²) in [5, 5.41) is 3.62. The van der Waals surface area contributed by atoms with Crippen molar-refractivity contribution in [3.8, 4) is 0 Å². The summed E-state index contributed by atoms with van der Waals surface area (Å²) in [4.78, 5) is 27.3. The predicted octanol–water partition coefficient (Wildman–Crippen LogP) is 4.62. The molecule has 35 heavy (non-hydrogen) atoms. The fourth-order valence-corrected chi connectivity index (χ4v) is 4.87. The van der Waals surface area contributed by atoms with Crippen LogP contribution in [0.1, 0.15) is 39.2 Å². The van der Waals surface area contributed by atoms with Gasteiger partial charge in [0.25, 0.3) is 0 Å². The van der Waals surface area contributed by atoms with Crippen molar-refractivity contribution in [2.45, 2.75) is 52.2 Å². The zero-order valence-electron chi connectivity index (χ0n) is 20.1. The van der Waals surface area contributed by atoms with E-state index in [9.17, 15) is 22.4 Å². The molecule has 0 aliphatic carbocycles. The van der Waals surface area contributed by atoms with Gasteiger partial charge in [-0.25, -0.2) is 12.8 Å². The van der Waals surface area contributed by atoms with Crippen LogP contribution in [0.5, 0.6) is 0 Å². The summed E-state index contributed by atoms with van der Waals surface area (Å²) < 4.78 is 39.0. The average molecular weight is 546 g/mol. The maximum Gasteiger partial charge on any atom is 0.242 e. The van der Waals surface area contributed by atoms with E-state index in [1.165, 1.54) is 29.2 Å². The van der Waals surface area contributed by atoms with Crippen molar-refractivity contribution in [1.82, 2.24) is 10.2 Å². The molecule has 7 nitrogen and oxygen atoms in total. The van der Waals surface area contributed by atoms with Crippen molar-refractivity contribution in [2.24, 2.45) is 0 Å². The molecule has 2 aromatic carbocycles. The smallest absolute Gasteiger partial charge is 0.242 e. The fraction of sp³-hybridized carbons (Fsp3) is 0.417. The van der Waals surface area contributed by atoms with E-state index in [-0.39, 0.29) is 43.8 Å². The van der Waals surface area contributed by atoms with E-state index in [0.29, 0.717) is 21.3 Å². The highest BCUT2D eigenvalue weighted by Gasteiger charge is 2.27. The molecule has 2 amide bonds. The third kappa shape index (κ3) is 8.66. The first kappa shape index (κ1) is 28.9. The Morgan fingerprint density at radius 2 is 1.69 bits per heavy atom. The number of nitrogens with one attached hydrogen (secondary N) is 1. The predicted molar refractivity (Wildman–Crippen MR) is 138 cm³/mol. The molecule has 0 aliphatic heterocycles. The summed E-state index contributed by atoms with van der Waals surface area (Å²) in [6.07, 6.45) is 1.22. The summed E-state index contributed by atoms with van der Waals surface area (Å²) in [5.41, 5.74) is 0.925. The summed E-state index contributed by atoms with van der Waals surface area (Å²) in [5.74, 6) is -1.14. The number of nitrogens with zero attached hydrogens (tertiary/aromatic N) is 2. The highest BCUT2D eigenvalue weighted by molar-refractivity contribution is 7.92. The van der Waals surface area contributed by atoms with E-state index in [1.807, 2.05) is 13.8 Å². The summed E-state index contributed by atoms with van der Waals surface area (Å²) in [6, 6.07) is 9.08. The molecule has 0 saturated carbocycles. The van der Waals surface area contributed by atoms with E-state index >= 15 is 0 Å². The second-order valence-corrected chi connectivity index (χ2v) is 11.3. The average Bonchev–Trinajstić information content (AvgIpc) is 2.75. The molecule has 2 rings (SSSR count). The van der Waals surface area contributed by atoms with Crippen molar-refractivity contribution in [1.29, 1.82) is 0 Å². The number of benzene rings is 2. The Morgan fingerprint density at radius 3 is 2.23 bits per heavy atom. The third-order valence-electron chi connectivity index (χ3n) is 5.22. The third-order valence-corrected chi connectivity index (χ3v) is 7.00. The Bertz CT molecular complexity index is 1140. The zero-order valence-corrected chi connectivity index (χ0v) is 22.4. The molecule has 1 atom stereocenters. The Labute approximate surface area is 216 Å². The lowest BCUT2D eigenvalue weighted by atomic mass is 10.1. The minimum Gasteiger partial charge on any atom is -0.352 e. The van der Waals surface area contributed by atoms with Gasteiger partial charge >= 0.3 is 0 Å². The molecule has 192 valence electrons. The topological polar surface area (TPSA) is 86.8 Å². The van der Waals surface area contributed by atoms with Gasteiger partial charge in [-0.3, -0.25) is 13.9 Å². The Morgan fingerprint density at radius 1 is 1.06 bits per heavy atom. The summed E-state index contributed by atoms with van der Waals surface area (Å²) in [6.45, 7) is 5.36. The number of anilines is 1. The van der Waals surface area contributed by atoms with E-state index in [1.54, 1.807) is 25.1 Å². The number of carbonyl (C=O) groups is 2. The molecular formula is C24H30Cl2FN3O4S. The van der Waals surface area contributed by atoms with E-state index < -0.39 is 21.9 Å². The van der Waals surface area contributed by atoms with Crippen LogP contribution in [-0.4, -0.2) is 50.0 Å². The molecule has 0 radical (unpaired) electrons. The molecule has 0 saturated heterocycles. The molecule has 0 bridgehead atoms. The standard InChI is InChI=1S/C24H30Cl2FN3O4S/c1-16(2)28-24(32)17(3)29(15-18-7-8-19(25)14-22(18)26)23(31)6-5-13-30(35(4,33)34)21-11-9-20(27)10-12-21/h7-12,14,16-17H,5-6,13,15H2,1-4H3,(H,28,32)/t17-/m1/s1. The van der Waals surface area contributed by atoms with Gasteiger partial charge in [0.1, 0.15) is 11.9 Å². The first-order valence-corrected chi connectivity index (χ1v) is 13.7. The minimum atomic E-state index is -3.66. The van der Waals surface area contributed by atoms with Crippen molar-refractivity contribution in [3.63, 3.8) is 0 Å². The van der Waals surface area contributed by atoms with Crippen LogP contribution in [0, 0.1) is 5.82 Å². The van der Waals surface area contributed by atoms with Crippen LogP contribution in [0.4, 0.5) is 10.1 Å². The fourth-order valence-electron chi connectivity index (χ4n) is 3.43. The summed E-state index contributed by atoms with van der Waals surface area (Å²) in [7, 11) is -3.66. The highest BCUT2D eigenvalue weighted by atomic mass is 35.5. The van der Waals surface area contributed by atoms with Crippen LogP contribution in [0.15, 0.2) is 42.5 Å². The molecule has 0 aliphatic rings. The van der Waals surface area contributed by atoms with Crippen molar-refractivity contribution in [3.05, 3.63) is 63.9 Å². The first-order chi connectivity index (χ1) is 16.3. The molecular weight excluding hydrogens is 516 g/mol. The second kappa shape index (κ2) is 12.6. The number of halogens is 3. The molecule has 2 aromatic rings. The number of sulfonamides is 1. The van der Waals surface area contributed by atoms with Crippen molar-refractivity contribution in [2.75, 3.05) is 17.1 Å². The number of hydrogen-bond donors (Lipinski definition) is 1. The van der Waals surface area contributed by atoms with Gasteiger partial charge in [-0.15, -0.1) is 0 Å². The van der Waals surface area contributed by atoms with Crippen LogP contribution in [0.3, 0.4) is 0 Å². The van der Waals surface area contributed by atoms with Crippen molar-refractivity contribution >= 4 is 50.7 Å². The van der Waals surface area contributed by atoms with Gasteiger partial charge in [0.15, 0.2) is 0 Å². The second-order valence-electron chi connectivity index (χ2n) is 8.51. The number of rotatable bonds is 11. The van der Waals surface area contributed by atoms with E-state index in [2.05, 4.69) is 5.32 Å². The largest absolute Gasteiger partial charge is 0.352 e. The monoisotopic (exact) mass is 545 g/mol. The quantitative estimate of drug-likeness (QED) is 0.446. The molecule has 1 N–H and O–H groups in total. The molecule has 0 unspecified atom stereocenters. The van der Waals surface area contributed by atoms with Gasteiger partial charge in [0.2, 0.25) is 21.8 Å². The Kier molecular flexibility index (Phi) is 10.4. The Balaban J connectivity index is 2.19. The van der Waals surface area contributed by atoms with Gasteiger partial charge in [0.05, 0.1) is 11.9 Å². The zero-order chi connectivity index (χ0) is 26.3. The van der Waals surface area contributed by atoms with Gasteiger partial charge < -0.3 is 10.2 Å². The van der Waals surface area contributed by atoms with Crippen LogP contribution < -0.4 is 9.62 Å². The number of amides is 2. The lowest BCUT2D eigenvalue weighted by Gasteiger charge is -2.30. The number of carbonyl (C=O) groups excluding carboxylic acids is 2. The SMILES string of the molecule is CC(C)NC(=O)[C@@H](C)N(Cc1ccc(Cl)cc1Cl)C(=O)CCCN(c1ccc(F)cc1)S(C)(=O)=O. The van der Waals surface area contributed by atoms with Gasteiger partial charge in [0, 0.05) is 35.6 Å². The van der Waals surface area contributed by atoms with E-state index in [4.69, 9.17) is 23.2 Å². The van der Waals surface area contributed by atoms with Crippen LogP contribution in [-0.2, 0) is 26.2 Å². The molecule has 0 heterocycles. The Hall–Kier alpha value is -2.36.